The Morgan fingerprint density at radius 1 is 0.418 bits per heavy atom. The maximum Gasteiger partial charge on any atom is 0.270 e. The van der Waals surface area contributed by atoms with Crippen molar-refractivity contribution in [3.05, 3.63) is 338 Å². The van der Waals surface area contributed by atoms with Gasteiger partial charge in [0.1, 0.15) is 0 Å². The maximum absolute atomic E-state index is 14.1. The molecule has 4 aliphatic carbocycles. The molecule has 5 heterocycles. The number of carbonyl (C=O) groups is 2. The van der Waals surface area contributed by atoms with Gasteiger partial charge >= 0.3 is 0 Å². The zero-order chi connectivity index (χ0) is 62.2. The fourth-order valence-electron chi connectivity index (χ4n) is 14.3. The predicted octanol–water partition coefficient (Wildman–Crippen LogP) is 21.3. The van der Waals surface area contributed by atoms with Gasteiger partial charge in [-0.25, -0.2) is 20.2 Å². The summed E-state index contributed by atoms with van der Waals surface area (Å²) in [7, 11) is 0. The lowest BCUT2D eigenvalue weighted by atomic mass is 9.65. The van der Waals surface area contributed by atoms with Gasteiger partial charge in [-0.1, -0.05) is 168 Å². The number of allylic oxidation sites excluding steroid dienone is 6. The van der Waals surface area contributed by atoms with E-state index in [0.717, 1.165) is 29.3 Å². The Balaban J connectivity index is 0.911. The number of thiophene rings is 5. The van der Waals surface area contributed by atoms with E-state index < -0.39 is 10.8 Å². The SMILES string of the molecule is [C-]#[N+]/C(C#N)=C1\C(=C\c2ccc(-c3cc4sc5c(c4s3)C(c3ccc(C)cc3)(c3ccc(C)cc3)c3cc4c(cc3-5)C(c3ccc(C)cc3)(c3ccc(C)cc3)c3cc(-c5ccc(/C=C6\C(=O)c7ccccc7\C6=C(\C#N)[N+]#[C-])s5)sc3-4)s2)C(=O)c2ccccc21. The van der Waals surface area contributed by atoms with Crippen molar-refractivity contribution in [2.45, 2.75) is 38.5 Å². The third kappa shape index (κ3) is 8.20. The number of rotatable bonds is 8. The average Bonchev–Trinajstić information content (AvgIpc) is 1.50. The average molecular weight is 1260 g/mol. The monoisotopic (exact) mass is 1250 g/mol. The summed E-state index contributed by atoms with van der Waals surface area (Å²) in [5, 5.41) is 20.2. The Morgan fingerprint density at radius 3 is 1.26 bits per heavy atom. The fourth-order valence-corrected chi connectivity index (χ4v) is 20.3. The van der Waals surface area contributed by atoms with Gasteiger partial charge < -0.3 is 0 Å². The van der Waals surface area contributed by atoms with E-state index >= 15 is 0 Å². The van der Waals surface area contributed by atoms with E-state index in [1.165, 1.54) is 97.0 Å². The van der Waals surface area contributed by atoms with Crippen molar-refractivity contribution in [1.82, 2.24) is 0 Å². The van der Waals surface area contributed by atoms with Gasteiger partial charge in [0.05, 0.1) is 40.8 Å². The topological polar surface area (TPSA) is 90.4 Å². The molecule has 428 valence electrons. The summed E-state index contributed by atoms with van der Waals surface area (Å²) < 4.78 is 2.41. The molecule has 7 aromatic carbocycles. The van der Waals surface area contributed by atoms with Gasteiger partial charge in [-0.05, 0) is 150 Å². The van der Waals surface area contributed by atoms with Crippen LogP contribution in [-0.4, -0.2) is 11.6 Å². The lowest BCUT2D eigenvalue weighted by molar-refractivity contribution is 0.103. The molecule has 0 bridgehead atoms. The first-order chi connectivity index (χ1) is 44.3. The van der Waals surface area contributed by atoms with Crippen LogP contribution >= 0.6 is 56.7 Å². The van der Waals surface area contributed by atoms with Gasteiger partial charge in [-0.15, -0.1) is 56.7 Å². The van der Waals surface area contributed by atoms with Gasteiger partial charge in [0.15, 0.2) is 11.6 Å². The number of fused-ring (bicyclic) bond motifs is 10. The van der Waals surface area contributed by atoms with Crippen molar-refractivity contribution in [2.75, 3.05) is 0 Å². The Kier molecular flexibility index (Phi) is 12.9. The lowest BCUT2D eigenvalue weighted by Gasteiger charge is -2.35. The number of aryl methyl sites for hydroxylation is 4. The summed E-state index contributed by atoms with van der Waals surface area (Å²) in [6.07, 6.45) is 3.70. The molecule has 6 nitrogen and oxygen atoms in total. The van der Waals surface area contributed by atoms with Gasteiger partial charge in [0, 0.05) is 82.7 Å². The van der Waals surface area contributed by atoms with E-state index in [-0.39, 0.29) is 23.0 Å². The van der Waals surface area contributed by atoms with Crippen molar-refractivity contribution < 1.29 is 9.59 Å². The molecule has 0 radical (unpaired) electrons. The lowest BCUT2D eigenvalue weighted by Crippen LogP contribution is -2.30. The van der Waals surface area contributed by atoms with E-state index in [9.17, 15) is 20.1 Å². The van der Waals surface area contributed by atoms with Gasteiger partial charge in [0.2, 0.25) is 0 Å². The summed E-state index contributed by atoms with van der Waals surface area (Å²) in [6.45, 7) is 24.3. The van der Waals surface area contributed by atoms with Crippen LogP contribution in [0.4, 0.5) is 0 Å². The first-order valence-corrected chi connectivity index (χ1v) is 33.6. The highest BCUT2D eigenvalue weighted by Crippen LogP contribution is 2.67. The molecule has 12 aromatic rings. The van der Waals surface area contributed by atoms with Crippen LogP contribution in [0.3, 0.4) is 0 Å². The minimum absolute atomic E-state index is 0.0977. The Bertz CT molecular complexity index is 5400. The largest absolute Gasteiger partial charge is 0.289 e. The van der Waals surface area contributed by atoms with Crippen LogP contribution in [0, 0.1) is 63.5 Å². The smallest absolute Gasteiger partial charge is 0.270 e. The van der Waals surface area contributed by atoms with Crippen molar-refractivity contribution in [2.24, 2.45) is 0 Å². The number of hydrogen-bond donors (Lipinski definition) is 0. The molecular formula is C80H46N4O2S5. The fraction of sp³-hybridized carbons (Fsp3) is 0.0750. The van der Waals surface area contributed by atoms with Crippen LogP contribution in [0.5, 0.6) is 0 Å². The van der Waals surface area contributed by atoms with E-state index in [2.05, 4.69) is 183 Å². The van der Waals surface area contributed by atoms with Crippen LogP contribution in [0.2, 0.25) is 0 Å². The molecule has 5 aromatic heterocycles. The van der Waals surface area contributed by atoms with Crippen LogP contribution < -0.4 is 0 Å². The van der Waals surface area contributed by atoms with Crippen LogP contribution in [0.15, 0.2) is 217 Å². The summed E-state index contributed by atoms with van der Waals surface area (Å²) in [4.78, 5) is 43.7. The molecule has 0 spiro atoms. The van der Waals surface area contributed by atoms with E-state index in [0.29, 0.717) is 44.5 Å². The highest BCUT2D eigenvalue weighted by atomic mass is 32.1. The second-order valence-electron chi connectivity index (χ2n) is 23.5. The molecule has 11 heteroatoms. The second kappa shape index (κ2) is 21.1. The normalized spacial score (nSPS) is 16.4. The molecule has 4 aliphatic rings. The van der Waals surface area contributed by atoms with Crippen molar-refractivity contribution in [3.8, 4) is 52.5 Å². The molecule has 0 saturated heterocycles. The molecule has 0 N–H and O–H groups in total. The molecule has 91 heavy (non-hydrogen) atoms. The molecule has 0 aliphatic heterocycles. The summed E-state index contributed by atoms with van der Waals surface area (Å²) in [5.74, 6) is -0.387. The van der Waals surface area contributed by atoms with E-state index in [1.54, 1.807) is 46.1 Å². The van der Waals surface area contributed by atoms with Gasteiger partial charge in [-0.2, -0.15) is 0 Å². The summed E-state index contributed by atoms with van der Waals surface area (Å²) in [5.41, 5.74) is 18.7. The molecule has 0 fully saturated rings. The molecule has 0 atom stereocenters. The Hall–Kier alpha value is -10.4. The van der Waals surface area contributed by atoms with E-state index in [4.69, 9.17) is 13.1 Å². The highest BCUT2D eigenvalue weighted by Gasteiger charge is 2.54. The number of nitriles is 2. The number of nitrogens with zero attached hydrogens (tertiary/aromatic N) is 4. The highest BCUT2D eigenvalue weighted by molar-refractivity contribution is 7.33. The number of carbonyl (C=O) groups excluding carboxylic acids is 2. The molecule has 0 unspecified atom stereocenters. The first kappa shape index (κ1) is 55.8. The number of benzene rings is 7. The molecular weight excluding hydrogens is 1210 g/mol. The summed E-state index contributed by atoms with van der Waals surface area (Å²) in [6, 6.07) is 73.2. The number of Topliss-reactive ketones (excluding diaryl/α,β-unsaturated/α-hetero) is 2. The Morgan fingerprint density at radius 2 is 0.824 bits per heavy atom. The molecule has 0 saturated carbocycles. The van der Waals surface area contributed by atoms with Crippen LogP contribution in [-0.2, 0) is 10.8 Å². The second-order valence-corrected chi connectivity index (χ2v) is 28.9. The standard InChI is InChI=1S/C80H46N4O2S5/c1-43-15-23-47(24-16-43)79(48-25-17-44(2)18-26-48)61-38-58-62(37-57(61)76-63(79)39-68(89-76)66-33-31-51(87-66)35-59-71(64(41-81)83-5)53-11-7-9-13-55(53)74(59)85)80(49-27-19-45(3)20-28-49,50-29-21-46(4)22-30-50)73-77(58)91-70-40-69(90-78(70)73)67-34-32-52(88-67)36-60-72(65(42-82)84-6)54-12-8-10-14-56(54)75(60)86/h7-40H,1-4H3/b59-35-,60-36-,71-64+,72-65-. The quantitative estimate of drug-likeness (QED) is 0.0861. The third-order valence-electron chi connectivity index (χ3n) is 18.4. The van der Waals surface area contributed by atoms with E-state index in [1.807, 2.05) is 83.4 Å². The van der Waals surface area contributed by atoms with Crippen molar-refractivity contribution >= 4 is 101 Å². The van der Waals surface area contributed by atoms with Gasteiger partial charge in [-0.3, -0.25) is 9.59 Å². The zero-order valence-electron chi connectivity index (χ0n) is 49.3. The zero-order valence-corrected chi connectivity index (χ0v) is 53.4. The minimum atomic E-state index is -0.757. The first-order valence-electron chi connectivity index (χ1n) is 29.5. The van der Waals surface area contributed by atoms with Crippen molar-refractivity contribution in [1.29, 1.82) is 10.5 Å². The summed E-state index contributed by atoms with van der Waals surface area (Å²) >= 11 is 8.66. The molecule has 0 amide bonds. The van der Waals surface area contributed by atoms with Crippen LogP contribution in [0.1, 0.15) is 108 Å². The maximum atomic E-state index is 14.1. The number of hydrogen-bond acceptors (Lipinski definition) is 9. The Labute approximate surface area is 546 Å². The number of ketones is 2. The van der Waals surface area contributed by atoms with Gasteiger partial charge in [0.25, 0.3) is 11.4 Å². The minimum Gasteiger partial charge on any atom is -0.289 e. The van der Waals surface area contributed by atoms with Crippen LogP contribution in [0.25, 0.3) is 82.8 Å². The van der Waals surface area contributed by atoms with Crippen molar-refractivity contribution in [3.63, 3.8) is 0 Å². The third-order valence-corrected chi connectivity index (χ3v) is 24.5. The molecule has 16 rings (SSSR count). The predicted molar refractivity (Wildman–Crippen MR) is 374 cm³/mol.